The van der Waals surface area contributed by atoms with Crippen LogP contribution >= 0.6 is 0 Å². The van der Waals surface area contributed by atoms with E-state index in [2.05, 4.69) is 0 Å². The number of carbonyl (C=O) groups excluding carboxylic acids is 2. The van der Waals surface area contributed by atoms with E-state index in [0.717, 1.165) is 0 Å². The predicted molar refractivity (Wildman–Crippen MR) is 70.9 cm³/mol. The number of fused-ring (bicyclic) bond motifs is 2. The Hall–Kier alpha value is -1.89. The number of ether oxygens (including phenoxy) is 1. The van der Waals surface area contributed by atoms with Gasteiger partial charge in [-0.15, -0.1) is 0 Å². The number of hydrogen-bond donors (Lipinski definition) is 2. The van der Waals surface area contributed by atoms with Crippen LogP contribution in [0.2, 0.25) is 0 Å². The second-order valence-electron chi connectivity index (χ2n) is 5.84. The highest BCUT2D eigenvalue weighted by Gasteiger charge is 2.54. The van der Waals surface area contributed by atoms with Crippen molar-refractivity contribution in [3.8, 4) is 0 Å². The molecule has 0 unspecified atom stereocenters. The van der Waals surface area contributed by atoms with Gasteiger partial charge in [0.05, 0.1) is 18.1 Å². The summed E-state index contributed by atoms with van der Waals surface area (Å²) in [4.78, 5) is 36.8. The number of piperidine rings is 1. The van der Waals surface area contributed by atoms with Crippen LogP contribution in [0.5, 0.6) is 0 Å². The van der Waals surface area contributed by atoms with Gasteiger partial charge in [0.15, 0.2) is 0 Å². The summed E-state index contributed by atoms with van der Waals surface area (Å²) in [5.41, 5.74) is 5.27. The van der Waals surface area contributed by atoms with E-state index in [4.69, 9.17) is 10.5 Å². The van der Waals surface area contributed by atoms with Crippen LogP contribution in [0.1, 0.15) is 12.8 Å². The van der Waals surface area contributed by atoms with Crippen molar-refractivity contribution < 1.29 is 24.2 Å². The highest BCUT2D eigenvalue weighted by Crippen LogP contribution is 2.40. The number of carboxylic acid groups (broad SMARTS) is 1. The lowest BCUT2D eigenvalue weighted by Gasteiger charge is -2.34. The summed E-state index contributed by atoms with van der Waals surface area (Å²) in [6.45, 7) is 0.882. The maximum Gasteiger partial charge on any atom is 0.310 e. The molecule has 0 aromatic heterocycles. The molecule has 2 saturated heterocycles. The Morgan fingerprint density at radius 3 is 2.19 bits per heavy atom. The number of hydrogen-bond acceptors (Lipinski definition) is 4. The Bertz CT molecular complexity index is 509. The van der Waals surface area contributed by atoms with Gasteiger partial charge in [-0.2, -0.15) is 0 Å². The molecule has 2 fully saturated rings. The second kappa shape index (κ2) is 5.14. The molecule has 2 bridgehead atoms. The van der Waals surface area contributed by atoms with Crippen molar-refractivity contribution in [3.05, 3.63) is 12.2 Å². The predicted octanol–water partition coefficient (Wildman–Crippen LogP) is -0.635. The monoisotopic (exact) mass is 294 g/mol. The molecule has 21 heavy (non-hydrogen) atoms. The Morgan fingerprint density at radius 1 is 1.10 bits per heavy atom. The summed E-state index contributed by atoms with van der Waals surface area (Å²) in [6, 6.07) is 0. The molecule has 0 aromatic rings. The van der Waals surface area contributed by atoms with Gasteiger partial charge in [0.2, 0.25) is 11.8 Å². The molecule has 0 aromatic carbocycles. The van der Waals surface area contributed by atoms with Gasteiger partial charge in [-0.25, -0.2) is 0 Å². The van der Waals surface area contributed by atoms with Crippen molar-refractivity contribution in [2.45, 2.75) is 25.0 Å². The van der Waals surface area contributed by atoms with Gasteiger partial charge in [-0.3, -0.25) is 14.4 Å². The van der Waals surface area contributed by atoms with Crippen LogP contribution in [0.3, 0.4) is 0 Å². The fourth-order valence-corrected chi connectivity index (χ4v) is 3.49. The summed E-state index contributed by atoms with van der Waals surface area (Å²) in [5, 5.41) is 9.32. The largest absolute Gasteiger partial charge is 0.481 e. The van der Waals surface area contributed by atoms with Gasteiger partial charge in [0, 0.05) is 19.0 Å². The van der Waals surface area contributed by atoms with Gasteiger partial charge >= 0.3 is 5.97 Å². The van der Waals surface area contributed by atoms with Crippen LogP contribution in [0.15, 0.2) is 12.2 Å². The third-order valence-corrected chi connectivity index (χ3v) is 4.68. The van der Waals surface area contributed by atoms with E-state index in [1.165, 1.54) is 0 Å². The first kappa shape index (κ1) is 14.1. The zero-order valence-electron chi connectivity index (χ0n) is 11.5. The molecule has 3 aliphatic rings. The van der Waals surface area contributed by atoms with E-state index >= 15 is 0 Å². The van der Waals surface area contributed by atoms with E-state index in [1.807, 2.05) is 0 Å². The maximum atomic E-state index is 12.6. The Morgan fingerprint density at radius 2 is 1.67 bits per heavy atom. The second-order valence-corrected chi connectivity index (χ2v) is 5.84. The van der Waals surface area contributed by atoms with Gasteiger partial charge in [-0.05, 0) is 12.8 Å². The maximum absolute atomic E-state index is 12.6. The van der Waals surface area contributed by atoms with Crippen molar-refractivity contribution in [2.75, 3.05) is 13.1 Å². The fourth-order valence-electron chi connectivity index (χ4n) is 3.49. The molecule has 7 heteroatoms. The molecule has 0 radical (unpaired) electrons. The third-order valence-electron chi connectivity index (χ3n) is 4.68. The summed E-state index contributed by atoms with van der Waals surface area (Å²) in [5.74, 6) is -3.21. The first-order valence-corrected chi connectivity index (χ1v) is 7.13. The number of rotatable bonds is 3. The minimum absolute atomic E-state index is 0.192. The SMILES string of the molecule is NC(=O)C1CCN(C(=O)[C@@H]2[C@@H](C(=O)O)[C@H]3C=C[C@@H]2O3)CC1. The Kier molecular flexibility index (Phi) is 3.44. The number of carboxylic acids is 1. The summed E-state index contributed by atoms with van der Waals surface area (Å²) in [7, 11) is 0. The lowest BCUT2D eigenvalue weighted by atomic mass is 9.81. The van der Waals surface area contributed by atoms with Crippen molar-refractivity contribution in [1.29, 1.82) is 0 Å². The Balaban J connectivity index is 1.70. The number of carbonyl (C=O) groups is 3. The summed E-state index contributed by atoms with van der Waals surface area (Å²) < 4.78 is 5.52. The van der Waals surface area contributed by atoms with Gasteiger partial charge in [0.25, 0.3) is 0 Å². The molecule has 7 nitrogen and oxygen atoms in total. The molecule has 3 N–H and O–H groups in total. The van der Waals surface area contributed by atoms with Crippen molar-refractivity contribution in [1.82, 2.24) is 4.90 Å². The molecule has 3 aliphatic heterocycles. The molecule has 4 atom stereocenters. The van der Waals surface area contributed by atoms with Crippen molar-refractivity contribution in [3.63, 3.8) is 0 Å². The standard InChI is InChI=1S/C14H18N2O5/c15-12(17)7-3-5-16(6-4-7)13(18)10-8-1-2-9(21-8)11(10)14(19)20/h1-2,7-11H,3-6H2,(H2,15,17)(H,19,20)/t8-,9+,10-,11-/m0/s1. The number of primary amides is 1. The van der Waals surface area contributed by atoms with Gasteiger partial charge < -0.3 is 20.5 Å². The molecule has 3 heterocycles. The van der Waals surface area contributed by atoms with Crippen LogP contribution in [-0.2, 0) is 19.1 Å². The third kappa shape index (κ3) is 2.31. The number of nitrogens with zero attached hydrogens (tertiary/aromatic N) is 1. The van der Waals surface area contributed by atoms with Crippen LogP contribution < -0.4 is 5.73 Å². The summed E-state index contributed by atoms with van der Waals surface area (Å²) >= 11 is 0. The van der Waals surface area contributed by atoms with Crippen LogP contribution in [-0.4, -0.2) is 53.1 Å². The Labute approximate surface area is 121 Å². The lowest BCUT2D eigenvalue weighted by molar-refractivity contribution is -0.150. The van der Waals surface area contributed by atoms with E-state index in [-0.39, 0.29) is 17.7 Å². The fraction of sp³-hybridized carbons (Fsp3) is 0.643. The van der Waals surface area contributed by atoms with Crippen LogP contribution in [0, 0.1) is 17.8 Å². The zero-order valence-corrected chi connectivity index (χ0v) is 11.5. The lowest BCUT2D eigenvalue weighted by Crippen LogP contribution is -2.48. The van der Waals surface area contributed by atoms with E-state index in [0.29, 0.717) is 25.9 Å². The molecular formula is C14H18N2O5. The van der Waals surface area contributed by atoms with Crippen LogP contribution in [0.4, 0.5) is 0 Å². The number of amides is 2. The van der Waals surface area contributed by atoms with E-state index in [1.54, 1.807) is 17.1 Å². The molecule has 114 valence electrons. The average Bonchev–Trinajstić information content (AvgIpc) is 3.07. The normalized spacial score (nSPS) is 35.1. The minimum atomic E-state index is -1.00. The molecule has 0 spiro atoms. The summed E-state index contributed by atoms with van der Waals surface area (Å²) in [6.07, 6.45) is 3.60. The number of nitrogens with two attached hydrogens (primary N) is 1. The smallest absolute Gasteiger partial charge is 0.310 e. The zero-order chi connectivity index (χ0) is 15.1. The molecular weight excluding hydrogens is 276 g/mol. The number of aliphatic carboxylic acids is 1. The van der Waals surface area contributed by atoms with Gasteiger partial charge in [-0.1, -0.05) is 12.2 Å². The molecule has 0 saturated carbocycles. The number of likely N-dealkylation sites (tertiary alicyclic amines) is 1. The minimum Gasteiger partial charge on any atom is -0.481 e. The highest BCUT2D eigenvalue weighted by atomic mass is 16.5. The van der Waals surface area contributed by atoms with Crippen molar-refractivity contribution in [2.24, 2.45) is 23.5 Å². The first-order valence-electron chi connectivity index (χ1n) is 7.13. The average molecular weight is 294 g/mol. The van der Waals surface area contributed by atoms with Gasteiger partial charge in [0.1, 0.15) is 5.92 Å². The molecule has 0 aliphatic carbocycles. The van der Waals surface area contributed by atoms with Crippen LogP contribution in [0.25, 0.3) is 0 Å². The molecule has 3 rings (SSSR count). The van der Waals surface area contributed by atoms with Crippen molar-refractivity contribution >= 4 is 17.8 Å². The van der Waals surface area contributed by atoms with E-state index < -0.39 is 30.0 Å². The molecule has 2 amide bonds. The highest BCUT2D eigenvalue weighted by molar-refractivity contribution is 5.87. The quantitative estimate of drug-likeness (QED) is 0.673. The first-order chi connectivity index (χ1) is 9.99. The topological polar surface area (TPSA) is 110 Å². The van der Waals surface area contributed by atoms with E-state index in [9.17, 15) is 19.5 Å².